The minimum Gasteiger partial charge on any atom is -0.393 e. The lowest BCUT2D eigenvalue weighted by Gasteiger charge is -2.21. The maximum Gasteiger partial charge on any atom is 0.189 e. The van der Waals surface area contributed by atoms with Crippen LogP contribution in [-0.4, -0.2) is 30.2 Å². The first-order valence-corrected chi connectivity index (χ1v) is 2.10. The highest BCUT2D eigenvalue weighted by Crippen LogP contribution is 2.03. The summed E-state index contributed by atoms with van der Waals surface area (Å²) in [6.07, 6.45) is -0.500. The first kappa shape index (κ1) is 4.74. The molecule has 0 aromatic rings. The van der Waals surface area contributed by atoms with Crippen molar-refractivity contribution in [2.45, 2.75) is 6.10 Å². The number of hydrogen-bond donors (Lipinski definition) is 1. The SMILES string of the molecule is O=C1COC1CO. The lowest BCUT2D eigenvalue weighted by atomic mass is 10.2. The Kier molecular flexibility index (Phi) is 1.08. The Morgan fingerprint density at radius 2 is 2.71 bits per heavy atom. The van der Waals surface area contributed by atoms with Crippen LogP contribution in [0.2, 0.25) is 0 Å². The van der Waals surface area contributed by atoms with Crippen LogP contribution >= 0.6 is 0 Å². The fourth-order valence-electron chi connectivity index (χ4n) is 0.424. The van der Waals surface area contributed by atoms with Crippen LogP contribution in [0.1, 0.15) is 0 Å². The fraction of sp³-hybridized carbons (Fsp3) is 0.750. The average molecular weight is 102 g/mol. The first-order chi connectivity index (χ1) is 3.34. The van der Waals surface area contributed by atoms with E-state index in [4.69, 9.17) is 5.11 Å². The third-order valence-electron chi connectivity index (χ3n) is 0.952. The molecule has 1 aliphatic heterocycles. The monoisotopic (exact) mass is 102 g/mol. The molecular formula is C4H6O3. The zero-order chi connectivity index (χ0) is 5.28. The molecule has 1 unspecified atom stereocenters. The van der Waals surface area contributed by atoms with Crippen molar-refractivity contribution in [1.82, 2.24) is 0 Å². The van der Waals surface area contributed by atoms with E-state index < -0.39 is 6.10 Å². The van der Waals surface area contributed by atoms with Crippen LogP contribution in [0.3, 0.4) is 0 Å². The van der Waals surface area contributed by atoms with E-state index in [1.807, 2.05) is 0 Å². The number of aliphatic hydroxyl groups excluding tert-OH is 1. The van der Waals surface area contributed by atoms with E-state index >= 15 is 0 Å². The van der Waals surface area contributed by atoms with Crippen molar-refractivity contribution < 1.29 is 14.6 Å². The molecule has 3 nitrogen and oxygen atoms in total. The number of hydrogen-bond acceptors (Lipinski definition) is 3. The zero-order valence-electron chi connectivity index (χ0n) is 3.76. The molecule has 7 heavy (non-hydrogen) atoms. The van der Waals surface area contributed by atoms with Crippen molar-refractivity contribution in [3.63, 3.8) is 0 Å². The van der Waals surface area contributed by atoms with Crippen LogP contribution < -0.4 is 0 Å². The Hall–Kier alpha value is -0.410. The van der Waals surface area contributed by atoms with Crippen LogP contribution in [0, 0.1) is 0 Å². The highest BCUT2D eigenvalue weighted by molar-refractivity contribution is 5.88. The summed E-state index contributed by atoms with van der Waals surface area (Å²) in [6, 6.07) is 0. The van der Waals surface area contributed by atoms with Crippen LogP contribution in [-0.2, 0) is 9.53 Å². The molecule has 1 rings (SSSR count). The van der Waals surface area contributed by atoms with E-state index in [1.165, 1.54) is 0 Å². The Balaban J connectivity index is 2.29. The van der Waals surface area contributed by atoms with Crippen LogP contribution in [0.4, 0.5) is 0 Å². The van der Waals surface area contributed by atoms with Crippen molar-refractivity contribution in [3.05, 3.63) is 0 Å². The minimum atomic E-state index is -0.500. The van der Waals surface area contributed by atoms with Crippen molar-refractivity contribution in [2.24, 2.45) is 0 Å². The van der Waals surface area contributed by atoms with Crippen molar-refractivity contribution in [3.8, 4) is 0 Å². The number of ketones is 1. The van der Waals surface area contributed by atoms with Gasteiger partial charge in [0.05, 0.1) is 6.61 Å². The highest BCUT2D eigenvalue weighted by atomic mass is 16.5. The van der Waals surface area contributed by atoms with Gasteiger partial charge in [0.25, 0.3) is 0 Å². The second kappa shape index (κ2) is 1.60. The molecule has 0 radical (unpaired) electrons. The van der Waals surface area contributed by atoms with E-state index in [2.05, 4.69) is 4.74 Å². The molecule has 40 valence electrons. The maximum atomic E-state index is 10.2. The van der Waals surface area contributed by atoms with E-state index in [1.54, 1.807) is 0 Å². The lowest BCUT2D eigenvalue weighted by Crippen LogP contribution is -2.42. The molecule has 0 bridgehead atoms. The molecule has 1 aliphatic rings. The summed E-state index contributed by atoms with van der Waals surface area (Å²) in [5.41, 5.74) is 0. The topological polar surface area (TPSA) is 46.5 Å². The summed E-state index contributed by atoms with van der Waals surface area (Å²) in [4.78, 5) is 10.2. The molecule has 0 amide bonds. The summed E-state index contributed by atoms with van der Waals surface area (Å²) in [5.74, 6) is 0.00231. The largest absolute Gasteiger partial charge is 0.393 e. The number of aliphatic hydroxyl groups is 1. The predicted molar refractivity (Wildman–Crippen MR) is 21.8 cm³/mol. The maximum absolute atomic E-state index is 10.2. The number of Topliss-reactive ketones (excluding diaryl/α,β-unsaturated/α-hetero) is 1. The molecule has 1 N–H and O–H groups in total. The molecule has 0 saturated carbocycles. The Morgan fingerprint density at radius 1 is 2.00 bits per heavy atom. The molecule has 1 fully saturated rings. The number of rotatable bonds is 1. The highest BCUT2D eigenvalue weighted by Gasteiger charge is 2.27. The average Bonchev–Trinajstić information content (AvgIpc) is 1.65. The summed E-state index contributed by atoms with van der Waals surface area (Å²) < 4.78 is 4.59. The van der Waals surface area contributed by atoms with Gasteiger partial charge in [0.1, 0.15) is 12.7 Å². The molecule has 0 aliphatic carbocycles. The minimum absolute atomic E-state index is 0.00231. The van der Waals surface area contributed by atoms with Gasteiger partial charge in [0.2, 0.25) is 0 Å². The van der Waals surface area contributed by atoms with Crippen molar-refractivity contribution >= 4 is 5.78 Å². The van der Waals surface area contributed by atoms with Gasteiger partial charge in [0, 0.05) is 0 Å². The number of ether oxygens (including phenoxy) is 1. The molecule has 0 aromatic carbocycles. The zero-order valence-corrected chi connectivity index (χ0v) is 3.76. The summed E-state index contributed by atoms with van der Waals surface area (Å²) in [7, 11) is 0. The second-order valence-electron chi connectivity index (χ2n) is 1.45. The lowest BCUT2D eigenvalue weighted by molar-refractivity contribution is -0.158. The second-order valence-corrected chi connectivity index (χ2v) is 1.45. The molecule has 3 heteroatoms. The quantitative estimate of drug-likeness (QED) is 0.459. The van der Waals surface area contributed by atoms with E-state index in [0.29, 0.717) is 0 Å². The third-order valence-corrected chi connectivity index (χ3v) is 0.952. The van der Waals surface area contributed by atoms with Gasteiger partial charge in [-0.2, -0.15) is 0 Å². The smallest absolute Gasteiger partial charge is 0.189 e. The van der Waals surface area contributed by atoms with Crippen LogP contribution in [0.15, 0.2) is 0 Å². The molecule has 1 saturated heterocycles. The third kappa shape index (κ3) is 0.642. The van der Waals surface area contributed by atoms with Gasteiger partial charge in [-0.05, 0) is 0 Å². The van der Waals surface area contributed by atoms with Gasteiger partial charge in [0.15, 0.2) is 5.78 Å². The summed E-state index contributed by atoms with van der Waals surface area (Å²) >= 11 is 0. The van der Waals surface area contributed by atoms with Gasteiger partial charge in [-0.1, -0.05) is 0 Å². The van der Waals surface area contributed by atoms with E-state index in [9.17, 15) is 4.79 Å². The van der Waals surface area contributed by atoms with Gasteiger partial charge in [-0.3, -0.25) is 4.79 Å². The van der Waals surface area contributed by atoms with E-state index in [0.717, 1.165) is 0 Å². The van der Waals surface area contributed by atoms with Crippen molar-refractivity contribution in [1.29, 1.82) is 0 Å². The van der Waals surface area contributed by atoms with E-state index in [-0.39, 0.29) is 19.0 Å². The fourth-order valence-corrected chi connectivity index (χ4v) is 0.424. The van der Waals surface area contributed by atoms with Crippen molar-refractivity contribution in [2.75, 3.05) is 13.2 Å². The molecular weight excluding hydrogens is 96.0 g/mol. The Morgan fingerprint density at radius 3 is 2.71 bits per heavy atom. The van der Waals surface area contributed by atoms with Gasteiger partial charge >= 0.3 is 0 Å². The predicted octanol–water partition coefficient (Wildman–Crippen LogP) is -1.05. The summed E-state index contributed by atoms with van der Waals surface area (Å²) in [5, 5.41) is 8.21. The molecule has 0 aromatic heterocycles. The molecule has 0 spiro atoms. The first-order valence-electron chi connectivity index (χ1n) is 2.10. The summed E-state index contributed by atoms with van der Waals surface area (Å²) in [6.45, 7) is 0.0179. The van der Waals surface area contributed by atoms with Gasteiger partial charge in [-0.25, -0.2) is 0 Å². The Bertz CT molecular complexity index is 86.9. The molecule has 1 heterocycles. The Labute approximate surface area is 40.9 Å². The van der Waals surface area contributed by atoms with Crippen LogP contribution in [0.25, 0.3) is 0 Å². The number of carbonyl (C=O) groups is 1. The standard InChI is InChI=1S/C4H6O3/c5-1-4-3(6)2-7-4/h4-5H,1-2H2. The molecule has 1 atom stereocenters. The normalized spacial score (nSPS) is 29.9. The number of carbonyl (C=O) groups excluding carboxylic acids is 1. The van der Waals surface area contributed by atoms with Gasteiger partial charge < -0.3 is 9.84 Å². The van der Waals surface area contributed by atoms with Crippen LogP contribution in [0.5, 0.6) is 0 Å². The van der Waals surface area contributed by atoms with Gasteiger partial charge in [-0.15, -0.1) is 0 Å².